The van der Waals surface area contributed by atoms with E-state index in [-0.39, 0.29) is 6.61 Å². The summed E-state index contributed by atoms with van der Waals surface area (Å²) in [6, 6.07) is 8.27. The molecule has 1 aliphatic rings. The largest absolute Gasteiger partial charge is 0.392 e. The fraction of sp³-hybridized carbons (Fsp3) is 0.600. The summed E-state index contributed by atoms with van der Waals surface area (Å²) in [4.78, 5) is 2.46. The van der Waals surface area contributed by atoms with Gasteiger partial charge in [-0.05, 0) is 35.4 Å². The summed E-state index contributed by atoms with van der Waals surface area (Å²) in [7, 11) is 0. The summed E-state index contributed by atoms with van der Waals surface area (Å²) in [5.74, 6) is 0.778. The number of nitrogens with zero attached hydrogens (tertiary/aromatic N) is 1. The summed E-state index contributed by atoms with van der Waals surface area (Å²) >= 11 is 0. The summed E-state index contributed by atoms with van der Waals surface area (Å²) < 4.78 is 0. The number of aliphatic hydroxyl groups excluding tert-OH is 1. The summed E-state index contributed by atoms with van der Waals surface area (Å²) in [6.07, 6.45) is 1.28. The molecule has 0 saturated carbocycles. The second-order valence-corrected chi connectivity index (χ2v) is 6.12. The molecule has 94 valence electrons. The maximum atomic E-state index is 9.03. The van der Waals surface area contributed by atoms with Gasteiger partial charge in [0.2, 0.25) is 0 Å². The lowest BCUT2D eigenvalue weighted by molar-refractivity contribution is 0.263. The molecule has 1 aromatic rings. The molecule has 0 radical (unpaired) electrons. The van der Waals surface area contributed by atoms with Crippen LogP contribution in [0.5, 0.6) is 0 Å². The minimum Gasteiger partial charge on any atom is -0.392 e. The van der Waals surface area contributed by atoms with E-state index in [1.807, 2.05) is 12.1 Å². The number of anilines is 1. The Hall–Kier alpha value is -1.02. The summed E-state index contributed by atoms with van der Waals surface area (Å²) in [6.45, 7) is 9.43. The number of hydrogen-bond acceptors (Lipinski definition) is 2. The Balaban J connectivity index is 2.05. The molecule has 0 aliphatic carbocycles. The van der Waals surface area contributed by atoms with Crippen molar-refractivity contribution in [3.05, 3.63) is 29.8 Å². The fourth-order valence-corrected chi connectivity index (χ4v) is 2.51. The third-order valence-corrected chi connectivity index (χ3v) is 3.90. The molecule has 0 spiro atoms. The zero-order valence-corrected chi connectivity index (χ0v) is 11.1. The molecule has 1 aliphatic heterocycles. The van der Waals surface area contributed by atoms with Gasteiger partial charge in [0, 0.05) is 18.8 Å². The lowest BCUT2D eigenvalue weighted by Gasteiger charge is -2.27. The van der Waals surface area contributed by atoms with Gasteiger partial charge in [-0.1, -0.05) is 32.9 Å². The van der Waals surface area contributed by atoms with E-state index < -0.39 is 0 Å². The van der Waals surface area contributed by atoms with Crippen LogP contribution < -0.4 is 4.90 Å². The average Bonchev–Trinajstić information content (AvgIpc) is 2.78. The summed E-state index contributed by atoms with van der Waals surface area (Å²) in [5.41, 5.74) is 2.68. The topological polar surface area (TPSA) is 23.5 Å². The van der Waals surface area contributed by atoms with E-state index in [1.165, 1.54) is 12.1 Å². The Morgan fingerprint density at radius 2 is 1.88 bits per heavy atom. The van der Waals surface area contributed by atoms with Gasteiger partial charge in [0.25, 0.3) is 0 Å². The predicted molar refractivity (Wildman–Crippen MR) is 72.1 cm³/mol. The van der Waals surface area contributed by atoms with Crippen molar-refractivity contribution in [3.8, 4) is 0 Å². The molecule has 1 unspecified atom stereocenters. The molecule has 0 bridgehead atoms. The van der Waals surface area contributed by atoms with Gasteiger partial charge in [0.05, 0.1) is 6.61 Å². The van der Waals surface area contributed by atoms with Crippen molar-refractivity contribution in [1.82, 2.24) is 0 Å². The lowest BCUT2D eigenvalue weighted by Crippen LogP contribution is -2.25. The van der Waals surface area contributed by atoms with Crippen molar-refractivity contribution >= 4 is 5.69 Å². The van der Waals surface area contributed by atoms with Crippen LogP contribution in [0.4, 0.5) is 5.69 Å². The highest BCUT2D eigenvalue weighted by Crippen LogP contribution is 2.35. The Morgan fingerprint density at radius 1 is 1.24 bits per heavy atom. The van der Waals surface area contributed by atoms with Crippen LogP contribution >= 0.6 is 0 Å². The minimum absolute atomic E-state index is 0.130. The van der Waals surface area contributed by atoms with Crippen molar-refractivity contribution in [1.29, 1.82) is 0 Å². The standard InChI is InChI=1S/C15H23NO/c1-15(2,3)13-8-9-16(10-13)14-6-4-12(11-17)5-7-14/h4-7,13,17H,8-11H2,1-3H3. The van der Waals surface area contributed by atoms with Crippen LogP contribution in [-0.4, -0.2) is 18.2 Å². The van der Waals surface area contributed by atoms with Gasteiger partial charge in [0.1, 0.15) is 0 Å². The second kappa shape index (κ2) is 4.69. The van der Waals surface area contributed by atoms with Gasteiger partial charge in [-0.25, -0.2) is 0 Å². The Bertz CT molecular complexity index is 364. The maximum absolute atomic E-state index is 9.03. The smallest absolute Gasteiger partial charge is 0.0681 e. The average molecular weight is 233 g/mol. The van der Waals surface area contributed by atoms with E-state index >= 15 is 0 Å². The van der Waals surface area contributed by atoms with Crippen LogP contribution in [0.3, 0.4) is 0 Å². The highest BCUT2D eigenvalue weighted by Gasteiger charge is 2.31. The van der Waals surface area contributed by atoms with Gasteiger partial charge in [-0.15, -0.1) is 0 Å². The molecule has 1 aromatic carbocycles. The van der Waals surface area contributed by atoms with Gasteiger partial charge >= 0.3 is 0 Å². The van der Waals surface area contributed by atoms with Crippen LogP contribution in [0.2, 0.25) is 0 Å². The van der Waals surface area contributed by atoms with Crippen molar-refractivity contribution in [2.45, 2.75) is 33.8 Å². The molecule has 0 amide bonds. The zero-order valence-electron chi connectivity index (χ0n) is 11.1. The third kappa shape index (κ3) is 2.81. The van der Waals surface area contributed by atoms with E-state index in [1.54, 1.807) is 0 Å². The maximum Gasteiger partial charge on any atom is 0.0681 e. The number of aliphatic hydroxyl groups is 1. The fourth-order valence-electron chi connectivity index (χ4n) is 2.51. The monoisotopic (exact) mass is 233 g/mol. The predicted octanol–water partition coefficient (Wildman–Crippen LogP) is 3.05. The summed E-state index contributed by atoms with van der Waals surface area (Å²) in [5, 5.41) is 9.03. The first-order valence-corrected chi connectivity index (χ1v) is 6.45. The van der Waals surface area contributed by atoms with E-state index in [0.717, 1.165) is 24.6 Å². The first-order chi connectivity index (χ1) is 8.00. The zero-order chi connectivity index (χ0) is 12.5. The Labute approximate surface area is 104 Å². The molecule has 2 nitrogen and oxygen atoms in total. The van der Waals surface area contributed by atoms with Gasteiger partial charge in [-0.3, -0.25) is 0 Å². The molecular formula is C15H23NO. The highest BCUT2D eigenvalue weighted by molar-refractivity contribution is 5.48. The van der Waals surface area contributed by atoms with Crippen LogP contribution in [0, 0.1) is 11.3 Å². The van der Waals surface area contributed by atoms with E-state index in [9.17, 15) is 0 Å². The van der Waals surface area contributed by atoms with Crippen molar-refractivity contribution in [3.63, 3.8) is 0 Å². The number of benzene rings is 1. The molecule has 1 N–H and O–H groups in total. The molecule has 2 rings (SSSR count). The van der Waals surface area contributed by atoms with Crippen LogP contribution in [0.1, 0.15) is 32.8 Å². The number of hydrogen-bond donors (Lipinski definition) is 1. The van der Waals surface area contributed by atoms with Crippen LogP contribution in [0.25, 0.3) is 0 Å². The molecule has 1 atom stereocenters. The van der Waals surface area contributed by atoms with E-state index in [4.69, 9.17) is 5.11 Å². The minimum atomic E-state index is 0.130. The molecular weight excluding hydrogens is 210 g/mol. The van der Waals surface area contributed by atoms with Crippen molar-refractivity contribution in [2.24, 2.45) is 11.3 Å². The van der Waals surface area contributed by atoms with Crippen LogP contribution in [-0.2, 0) is 6.61 Å². The van der Waals surface area contributed by atoms with E-state index in [0.29, 0.717) is 5.41 Å². The Morgan fingerprint density at radius 3 is 2.35 bits per heavy atom. The van der Waals surface area contributed by atoms with Gasteiger partial charge in [-0.2, -0.15) is 0 Å². The normalized spacial score (nSPS) is 20.9. The van der Waals surface area contributed by atoms with Crippen LogP contribution in [0.15, 0.2) is 24.3 Å². The SMILES string of the molecule is CC(C)(C)C1CCN(c2ccc(CO)cc2)C1. The highest BCUT2D eigenvalue weighted by atomic mass is 16.3. The van der Waals surface area contributed by atoms with Gasteiger partial charge < -0.3 is 10.0 Å². The lowest BCUT2D eigenvalue weighted by atomic mass is 9.80. The van der Waals surface area contributed by atoms with E-state index in [2.05, 4.69) is 37.8 Å². The number of rotatable bonds is 2. The van der Waals surface area contributed by atoms with Gasteiger partial charge in [0.15, 0.2) is 0 Å². The Kier molecular flexibility index (Phi) is 3.43. The quantitative estimate of drug-likeness (QED) is 0.848. The molecule has 1 fully saturated rings. The molecule has 2 heteroatoms. The third-order valence-electron chi connectivity index (χ3n) is 3.90. The molecule has 0 aromatic heterocycles. The molecule has 1 saturated heterocycles. The van der Waals surface area contributed by atoms with Crippen molar-refractivity contribution in [2.75, 3.05) is 18.0 Å². The first-order valence-electron chi connectivity index (χ1n) is 6.45. The molecule has 1 heterocycles. The molecule has 17 heavy (non-hydrogen) atoms. The van der Waals surface area contributed by atoms with Crippen molar-refractivity contribution < 1.29 is 5.11 Å². The first kappa shape index (κ1) is 12.4. The second-order valence-electron chi connectivity index (χ2n) is 6.12.